The first-order valence-corrected chi connectivity index (χ1v) is 11.3. The lowest BCUT2D eigenvalue weighted by Gasteiger charge is -2.21. The minimum absolute atomic E-state index is 0.0897. The Morgan fingerprint density at radius 2 is 1.82 bits per heavy atom. The number of thiazole rings is 1. The van der Waals surface area contributed by atoms with Gasteiger partial charge in [0.05, 0.1) is 16.3 Å². The summed E-state index contributed by atoms with van der Waals surface area (Å²) in [6.45, 7) is 8.21. The van der Waals surface area contributed by atoms with Crippen LogP contribution in [0, 0.1) is 6.92 Å². The van der Waals surface area contributed by atoms with E-state index in [0.29, 0.717) is 5.56 Å². The van der Waals surface area contributed by atoms with Crippen molar-refractivity contribution in [2.75, 3.05) is 23.3 Å². The highest BCUT2D eigenvalue weighted by Crippen LogP contribution is 2.27. The number of hydrogen-bond donors (Lipinski definition) is 1. The summed E-state index contributed by atoms with van der Waals surface area (Å²) < 4.78 is 0. The largest absolute Gasteiger partial charge is 0.372 e. The van der Waals surface area contributed by atoms with Crippen molar-refractivity contribution in [1.29, 1.82) is 0 Å². The van der Waals surface area contributed by atoms with E-state index in [4.69, 9.17) is 0 Å². The van der Waals surface area contributed by atoms with Gasteiger partial charge in [-0.25, -0.2) is 4.98 Å². The van der Waals surface area contributed by atoms with E-state index in [1.54, 1.807) is 23.1 Å². The lowest BCUT2D eigenvalue weighted by Crippen LogP contribution is -2.21. The fourth-order valence-electron chi connectivity index (χ4n) is 2.95. The van der Waals surface area contributed by atoms with E-state index in [1.165, 1.54) is 0 Å². The van der Waals surface area contributed by atoms with Crippen LogP contribution in [0.1, 0.15) is 34.9 Å². The van der Waals surface area contributed by atoms with Gasteiger partial charge in [-0.1, -0.05) is 12.1 Å². The van der Waals surface area contributed by atoms with Gasteiger partial charge in [-0.3, -0.25) is 4.79 Å². The van der Waals surface area contributed by atoms with Gasteiger partial charge >= 0.3 is 0 Å². The quantitative estimate of drug-likeness (QED) is 0.473. The molecule has 0 aliphatic carbocycles. The fraction of sp³-hybridized carbons (Fsp3) is 0.273. The molecule has 1 amide bonds. The Morgan fingerprint density at radius 3 is 2.46 bits per heavy atom. The molecule has 28 heavy (non-hydrogen) atoms. The molecule has 0 aliphatic rings. The molecule has 2 aromatic carbocycles. The molecule has 0 saturated heterocycles. The molecule has 0 radical (unpaired) electrons. The molecule has 0 fully saturated rings. The zero-order valence-electron chi connectivity index (χ0n) is 16.4. The fourth-order valence-corrected chi connectivity index (χ4v) is 4.61. The molecule has 0 aliphatic heterocycles. The van der Waals surface area contributed by atoms with Gasteiger partial charge < -0.3 is 10.2 Å². The zero-order valence-corrected chi connectivity index (χ0v) is 18.1. The van der Waals surface area contributed by atoms with Gasteiger partial charge in [0, 0.05) is 40.5 Å². The third kappa shape index (κ3) is 5.14. The van der Waals surface area contributed by atoms with Gasteiger partial charge in [0.2, 0.25) is 0 Å². The molecule has 1 heterocycles. The standard InChI is InChI=1S/C22H25N3OS2/c1-4-25(5-2)19-12-10-17(11-13-19)24-22(26)20-8-6-7-9-21(20)28-15-18-14-27-16(3)23-18/h6-14H,4-5,15H2,1-3H3,(H,24,26). The number of carbonyl (C=O) groups excluding carboxylic acids is 1. The summed E-state index contributed by atoms with van der Waals surface area (Å²) in [5.74, 6) is 0.667. The molecule has 1 N–H and O–H groups in total. The molecular weight excluding hydrogens is 386 g/mol. The van der Waals surface area contributed by atoms with Crippen molar-refractivity contribution in [2.45, 2.75) is 31.4 Å². The maximum atomic E-state index is 12.8. The highest BCUT2D eigenvalue weighted by atomic mass is 32.2. The molecule has 6 heteroatoms. The Hall–Kier alpha value is -2.31. The second-order valence-corrected chi connectivity index (χ2v) is 8.40. The van der Waals surface area contributed by atoms with Crippen molar-refractivity contribution in [3.63, 3.8) is 0 Å². The molecule has 4 nitrogen and oxygen atoms in total. The summed E-state index contributed by atoms with van der Waals surface area (Å²) in [5.41, 5.74) is 3.70. The van der Waals surface area contributed by atoms with Gasteiger partial charge in [0.25, 0.3) is 5.91 Å². The molecule has 146 valence electrons. The third-order valence-corrected chi connectivity index (χ3v) is 6.36. The SMILES string of the molecule is CCN(CC)c1ccc(NC(=O)c2ccccc2SCc2csc(C)n2)cc1. The molecule has 0 unspecified atom stereocenters. The molecule has 1 aromatic heterocycles. The maximum absolute atomic E-state index is 12.8. The number of hydrogen-bond acceptors (Lipinski definition) is 5. The summed E-state index contributed by atoms with van der Waals surface area (Å²) >= 11 is 3.29. The number of anilines is 2. The van der Waals surface area contributed by atoms with E-state index < -0.39 is 0 Å². The Bertz CT molecular complexity index is 918. The molecule has 0 bridgehead atoms. The van der Waals surface area contributed by atoms with E-state index in [9.17, 15) is 4.79 Å². The predicted molar refractivity (Wildman–Crippen MR) is 121 cm³/mol. The van der Waals surface area contributed by atoms with Crippen LogP contribution in [0.25, 0.3) is 0 Å². The van der Waals surface area contributed by atoms with Gasteiger partial charge in [-0.15, -0.1) is 23.1 Å². The first-order chi connectivity index (χ1) is 13.6. The van der Waals surface area contributed by atoms with Crippen LogP contribution in [0.3, 0.4) is 0 Å². The van der Waals surface area contributed by atoms with E-state index in [-0.39, 0.29) is 5.91 Å². The molecule has 3 rings (SSSR count). The highest BCUT2D eigenvalue weighted by Gasteiger charge is 2.13. The first kappa shape index (κ1) is 20.4. The normalized spacial score (nSPS) is 10.7. The van der Waals surface area contributed by atoms with Crippen molar-refractivity contribution >= 4 is 40.4 Å². The number of aromatic nitrogens is 1. The zero-order chi connectivity index (χ0) is 19.9. The molecule has 0 atom stereocenters. The maximum Gasteiger partial charge on any atom is 0.256 e. The minimum Gasteiger partial charge on any atom is -0.372 e. The minimum atomic E-state index is -0.0897. The van der Waals surface area contributed by atoms with Crippen LogP contribution < -0.4 is 10.2 Å². The monoisotopic (exact) mass is 411 g/mol. The van der Waals surface area contributed by atoms with Gasteiger partial charge in [-0.2, -0.15) is 0 Å². The highest BCUT2D eigenvalue weighted by molar-refractivity contribution is 7.98. The van der Waals surface area contributed by atoms with Crippen molar-refractivity contribution in [1.82, 2.24) is 4.98 Å². The lowest BCUT2D eigenvalue weighted by atomic mass is 10.2. The van der Waals surface area contributed by atoms with Crippen LogP contribution in [-0.4, -0.2) is 24.0 Å². The van der Waals surface area contributed by atoms with Crippen LogP contribution in [0.4, 0.5) is 11.4 Å². The van der Waals surface area contributed by atoms with Gasteiger partial charge in [0.15, 0.2) is 0 Å². The van der Waals surface area contributed by atoms with E-state index in [1.807, 2.05) is 55.5 Å². The Labute approximate surface area is 175 Å². The average molecular weight is 412 g/mol. The number of rotatable bonds is 8. The van der Waals surface area contributed by atoms with Crippen molar-refractivity contribution in [2.24, 2.45) is 0 Å². The number of thioether (sulfide) groups is 1. The van der Waals surface area contributed by atoms with Crippen molar-refractivity contribution < 1.29 is 4.79 Å². The predicted octanol–water partition coefficient (Wildman–Crippen LogP) is 5.84. The third-order valence-electron chi connectivity index (χ3n) is 4.43. The van der Waals surface area contributed by atoms with E-state index in [2.05, 4.69) is 34.4 Å². The van der Waals surface area contributed by atoms with Crippen LogP contribution in [0.2, 0.25) is 0 Å². The molecular formula is C22H25N3OS2. The molecule has 0 saturated carbocycles. The number of nitrogens with zero attached hydrogens (tertiary/aromatic N) is 2. The van der Waals surface area contributed by atoms with Crippen LogP contribution in [0.15, 0.2) is 58.8 Å². The summed E-state index contributed by atoms with van der Waals surface area (Å²) in [5, 5.41) is 6.16. The van der Waals surface area contributed by atoms with E-state index >= 15 is 0 Å². The summed E-state index contributed by atoms with van der Waals surface area (Å²) in [4.78, 5) is 20.6. The summed E-state index contributed by atoms with van der Waals surface area (Å²) in [7, 11) is 0. The second-order valence-electron chi connectivity index (χ2n) is 6.32. The van der Waals surface area contributed by atoms with Crippen LogP contribution in [0.5, 0.6) is 0 Å². The van der Waals surface area contributed by atoms with E-state index in [0.717, 1.165) is 45.8 Å². The number of carbonyl (C=O) groups is 1. The van der Waals surface area contributed by atoms with Crippen molar-refractivity contribution in [3.8, 4) is 0 Å². The Kier molecular flexibility index (Phi) is 7.12. The smallest absolute Gasteiger partial charge is 0.256 e. The average Bonchev–Trinajstić information content (AvgIpc) is 3.14. The number of amides is 1. The second kappa shape index (κ2) is 9.75. The first-order valence-electron chi connectivity index (χ1n) is 9.40. The molecule has 0 spiro atoms. The lowest BCUT2D eigenvalue weighted by molar-refractivity contribution is 0.102. The molecule has 3 aromatic rings. The number of aryl methyl sites for hydroxylation is 1. The van der Waals surface area contributed by atoms with Gasteiger partial charge in [-0.05, 0) is 57.2 Å². The topological polar surface area (TPSA) is 45.2 Å². The Morgan fingerprint density at radius 1 is 1.11 bits per heavy atom. The summed E-state index contributed by atoms with van der Waals surface area (Å²) in [6.07, 6.45) is 0. The van der Waals surface area contributed by atoms with Gasteiger partial charge in [0.1, 0.15) is 0 Å². The number of nitrogens with one attached hydrogen (secondary N) is 1. The Balaban J connectivity index is 1.68. The van der Waals surface area contributed by atoms with Crippen molar-refractivity contribution in [3.05, 3.63) is 70.2 Å². The van der Waals surface area contributed by atoms with Crippen LogP contribution in [-0.2, 0) is 5.75 Å². The number of benzene rings is 2. The summed E-state index contributed by atoms with van der Waals surface area (Å²) in [6, 6.07) is 15.7. The van der Waals surface area contributed by atoms with Crippen LogP contribution >= 0.6 is 23.1 Å².